The van der Waals surface area contributed by atoms with Crippen LogP contribution in [-0.2, 0) is 12.7 Å². The van der Waals surface area contributed by atoms with Crippen LogP contribution >= 0.6 is 11.6 Å². The summed E-state index contributed by atoms with van der Waals surface area (Å²) in [5.41, 5.74) is 0.372. The molecule has 4 aromatic rings. The number of nitriles is 2. The molecule has 1 aromatic carbocycles. The highest BCUT2D eigenvalue weighted by molar-refractivity contribution is 6.32. The first-order valence-corrected chi connectivity index (χ1v) is 11.9. The van der Waals surface area contributed by atoms with Crippen LogP contribution < -0.4 is 10.6 Å². The second-order valence-corrected chi connectivity index (χ2v) is 8.90. The van der Waals surface area contributed by atoms with Crippen molar-refractivity contribution in [1.29, 1.82) is 10.5 Å². The lowest BCUT2D eigenvalue weighted by molar-refractivity contribution is -0.145. The van der Waals surface area contributed by atoms with Crippen LogP contribution in [0.25, 0.3) is 5.82 Å². The molecule has 13 nitrogen and oxygen atoms in total. The van der Waals surface area contributed by atoms with Gasteiger partial charge in [0.05, 0.1) is 39.7 Å². The van der Waals surface area contributed by atoms with Gasteiger partial charge in [0.1, 0.15) is 18.3 Å². The number of rotatable bonds is 7. The smallest absolute Gasteiger partial charge is 0.336 e. The number of nitrogens with one attached hydrogen (secondary N) is 2. The second-order valence-electron chi connectivity index (χ2n) is 8.49. The van der Waals surface area contributed by atoms with Crippen molar-refractivity contribution in [3.05, 3.63) is 75.5 Å². The first-order chi connectivity index (χ1) is 19.4. The van der Waals surface area contributed by atoms with Crippen molar-refractivity contribution in [1.82, 2.24) is 40.3 Å². The summed E-state index contributed by atoms with van der Waals surface area (Å²) < 4.78 is 39.8. The van der Waals surface area contributed by atoms with Gasteiger partial charge in [0.25, 0.3) is 17.6 Å². The van der Waals surface area contributed by atoms with E-state index >= 15 is 0 Å². The van der Waals surface area contributed by atoms with Crippen molar-refractivity contribution in [2.24, 2.45) is 0 Å². The number of hydrogen-bond donors (Lipinski definition) is 2. The third-order valence-corrected chi connectivity index (χ3v) is 5.73. The van der Waals surface area contributed by atoms with E-state index in [1.54, 1.807) is 13.0 Å². The van der Waals surface area contributed by atoms with Crippen molar-refractivity contribution in [2.45, 2.75) is 32.6 Å². The maximum absolute atomic E-state index is 13.6. The van der Waals surface area contributed by atoms with Crippen LogP contribution in [0.15, 0.2) is 36.5 Å². The van der Waals surface area contributed by atoms with Gasteiger partial charge in [-0.15, -0.1) is 10.2 Å². The number of benzene rings is 1. The molecule has 0 aliphatic heterocycles. The van der Waals surface area contributed by atoms with Gasteiger partial charge in [0.2, 0.25) is 0 Å². The van der Waals surface area contributed by atoms with Gasteiger partial charge >= 0.3 is 6.18 Å². The molecule has 0 fully saturated rings. The lowest BCUT2D eigenvalue weighted by Crippen LogP contribution is -2.32. The minimum absolute atomic E-state index is 0.0328. The Kier molecular flexibility index (Phi) is 7.97. The van der Waals surface area contributed by atoms with Crippen LogP contribution in [0.1, 0.15) is 50.4 Å². The number of aromatic nitrogens is 7. The van der Waals surface area contributed by atoms with E-state index in [2.05, 4.69) is 36.1 Å². The summed E-state index contributed by atoms with van der Waals surface area (Å²) in [5.74, 6) is -2.93. The molecule has 0 aliphatic carbocycles. The van der Waals surface area contributed by atoms with Gasteiger partial charge in [-0.25, -0.2) is 9.67 Å². The lowest BCUT2D eigenvalue weighted by Gasteiger charge is -2.16. The van der Waals surface area contributed by atoms with Crippen molar-refractivity contribution in [3.8, 4) is 18.0 Å². The molecule has 0 bridgehead atoms. The molecule has 3 aromatic heterocycles. The number of halogens is 4. The van der Waals surface area contributed by atoms with Gasteiger partial charge in [-0.1, -0.05) is 11.6 Å². The Morgan fingerprint density at radius 3 is 2.56 bits per heavy atom. The highest BCUT2D eigenvalue weighted by atomic mass is 35.5. The molecule has 0 saturated heterocycles. The van der Waals surface area contributed by atoms with E-state index in [1.807, 2.05) is 12.1 Å². The predicted molar refractivity (Wildman–Crippen MR) is 135 cm³/mol. The fourth-order valence-electron chi connectivity index (χ4n) is 3.61. The van der Waals surface area contributed by atoms with Gasteiger partial charge in [0.15, 0.2) is 5.82 Å². The van der Waals surface area contributed by atoms with Crippen LogP contribution in [-0.4, -0.2) is 52.8 Å². The summed E-state index contributed by atoms with van der Waals surface area (Å²) in [5, 5.41) is 37.6. The van der Waals surface area contributed by atoms with Gasteiger partial charge in [0, 0.05) is 6.20 Å². The lowest BCUT2D eigenvalue weighted by atomic mass is 10.0. The topological polar surface area (TPSA) is 180 Å². The fourth-order valence-corrected chi connectivity index (χ4v) is 3.81. The third-order valence-electron chi connectivity index (χ3n) is 5.43. The number of aryl methyl sites for hydroxylation is 1. The van der Waals surface area contributed by atoms with Crippen LogP contribution in [0, 0.1) is 29.6 Å². The number of nitrogens with zero attached hydrogens (tertiary/aromatic N) is 9. The Bertz CT molecular complexity index is 1730. The number of alkyl halides is 3. The first kappa shape index (κ1) is 28.7. The molecule has 1 unspecified atom stereocenters. The predicted octanol–water partition coefficient (Wildman–Crippen LogP) is 3.05. The molecule has 4 rings (SSSR count). The molecule has 0 aliphatic rings. The quantitative estimate of drug-likeness (QED) is 0.330. The van der Waals surface area contributed by atoms with E-state index in [0.717, 1.165) is 4.68 Å². The molecule has 0 spiro atoms. The molecule has 2 amide bonds. The zero-order valence-corrected chi connectivity index (χ0v) is 21.9. The molecule has 0 saturated carbocycles. The van der Waals surface area contributed by atoms with Gasteiger partial charge in [-0.3, -0.25) is 9.59 Å². The Labute approximate surface area is 234 Å². The molecule has 208 valence electrons. The zero-order chi connectivity index (χ0) is 29.9. The van der Waals surface area contributed by atoms with Crippen molar-refractivity contribution >= 4 is 29.1 Å². The van der Waals surface area contributed by atoms with E-state index in [9.17, 15) is 28.0 Å². The standard InChI is InChI=1S/C24H17ClF3N11O2/c1-12-6-14(10-30)7-16(21(40)32-13(2)9-29)19(12)33-22(41)18-8-15(11-38-36-23(34-37-38)24(26,27)28)35-39(18)20-17(25)4-3-5-31-20/h3-8,13H,11H2,1-2H3,(H,32,40)(H,33,41). The Morgan fingerprint density at radius 2 is 1.93 bits per heavy atom. The number of carbonyl (C=O) groups is 2. The zero-order valence-electron chi connectivity index (χ0n) is 21.1. The Hall–Kier alpha value is -5.35. The molecular formula is C24H17ClF3N11O2. The molecule has 1 atom stereocenters. The van der Waals surface area contributed by atoms with E-state index in [0.29, 0.717) is 10.4 Å². The number of tetrazole rings is 1. The average molecular weight is 584 g/mol. The molecule has 41 heavy (non-hydrogen) atoms. The minimum atomic E-state index is -4.81. The monoisotopic (exact) mass is 583 g/mol. The highest BCUT2D eigenvalue weighted by Crippen LogP contribution is 2.27. The summed E-state index contributed by atoms with van der Waals surface area (Å²) in [7, 11) is 0. The SMILES string of the molecule is Cc1cc(C#N)cc(C(=O)NC(C)C#N)c1NC(=O)c1cc(Cn2nnc(C(F)(F)F)n2)nn1-c1ncccc1Cl. The number of pyridine rings is 1. The molecule has 0 radical (unpaired) electrons. The molecular weight excluding hydrogens is 567 g/mol. The maximum Gasteiger partial charge on any atom is 0.455 e. The number of hydrogen-bond acceptors (Lipinski definition) is 9. The summed E-state index contributed by atoms with van der Waals surface area (Å²) in [4.78, 5) is 31.3. The highest BCUT2D eigenvalue weighted by Gasteiger charge is 2.37. The van der Waals surface area contributed by atoms with Crippen molar-refractivity contribution < 1.29 is 22.8 Å². The van der Waals surface area contributed by atoms with Crippen LogP contribution in [0.3, 0.4) is 0 Å². The average Bonchev–Trinajstić information content (AvgIpc) is 3.57. The fraction of sp³-hybridized carbons (Fsp3) is 0.208. The summed E-state index contributed by atoms with van der Waals surface area (Å²) in [6.07, 6.45) is -3.42. The summed E-state index contributed by atoms with van der Waals surface area (Å²) in [6.45, 7) is 2.62. The number of carbonyl (C=O) groups excluding carboxylic acids is 2. The normalized spacial score (nSPS) is 11.8. The van der Waals surface area contributed by atoms with Gasteiger partial charge in [-0.2, -0.15) is 33.6 Å². The molecule has 3 heterocycles. The van der Waals surface area contributed by atoms with E-state index in [-0.39, 0.29) is 39.0 Å². The van der Waals surface area contributed by atoms with E-state index in [4.69, 9.17) is 16.9 Å². The summed E-state index contributed by atoms with van der Waals surface area (Å²) >= 11 is 6.28. The van der Waals surface area contributed by atoms with Gasteiger partial charge < -0.3 is 10.6 Å². The first-order valence-electron chi connectivity index (χ1n) is 11.5. The Morgan fingerprint density at radius 1 is 1.17 bits per heavy atom. The van der Waals surface area contributed by atoms with Crippen molar-refractivity contribution in [3.63, 3.8) is 0 Å². The Balaban J connectivity index is 1.75. The summed E-state index contributed by atoms with van der Waals surface area (Å²) in [6, 6.07) is 9.93. The molecule has 2 N–H and O–H groups in total. The number of amides is 2. The third kappa shape index (κ3) is 6.29. The van der Waals surface area contributed by atoms with E-state index in [1.165, 1.54) is 37.4 Å². The minimum Gasteiger partial charge on any atom is -0.336 e. The van der Waals surface area contributed by atoms with Crippen LogP contribution in [0.4, 0.5) is 18.9 Å². The van der Waals surface area contributed by atoms with E-state index < -0.39 is 36.4 Å². The van der Waals surface area contributed by atoms with Crippen LogP contribution in [0.5, 0.6) is 0 Å². The number of anilines is 1. The molecule has 17 heteroatoms. The van der Waals surface area contributed by atoms with Gasteiger partial charge in [-0.05, 0) is 55.0 Å². The van der Waals surface area contributed by atoms with Crippen LogP contribution in [0.2, 0.25) is 5.02 Å². The maximum atomic E-state index is 13.6. The second kappa shape index (κ2) is 11.4. The largest absolute Gasteiger partial charge is 0.455 e. The van der Waals surface area contributed by atoms with Crippen molar-refractivity contribution in [2.75, 3.05) is 5.32 Å².